The van der Waals surface area contributed by atoms with E-state index < -0.39 is 5.60 Å². The minimum absolute atomic E-state index is 0.0674. The summed E-state index contributed by atoms with van der Waals surface area (Å²) in [5.74, 6) is 0.815. The first kappa shape index (κ1) is 19.2. The zero-order valence-electron chi connectivity index (χ0n) is 17.2. The number of benzene rings is 2. The summed E-state index contributed by atoms with van der Waals surface area (Å²) in [6, 6.07) is 18.7. The predicted molar refractivity (Wildman–Crippen MR) is 114 cm³/mol. The molecule has 4 rings (SSSR count). The number of aromatic amines is 1. The molecule has 1 amide bonds. The number of imidazole rings is 1. The Morgan fingerprint density at radius 2 is 1.69 bits per heavy atom. The summed E-state index contributed by atoms with van der Waals surface area (Å²) >= 11 is 0. The third kappa shape index (κ3) is 4.34. The summed E-state index contributed by atoms with van der Waals surface area (Å²) in [4.78, 5) is 22.3. The van der Waals surface area contributed by atoms with E-state index in [9.17, 15) is 4.79 Å². The number of likely N-dealkylation sites (tertiary alicyclic amines) is 1. The van der Waals surface area contributed by atoms with Crippen LogP contribution in [-0.2, 0) is 4.74 Å². The van der Waals surface area contributed by atoms with Crippen molar-refractivity contribution in [3.63, 3.8) is 0 Å². The number of rotatable bonds is 3. The van der Waals surface area contributed by atoms with Gasteiger partial charge in [0.2, 0.25) is 0 Å². The fourth-order valence-electron chi connectivity index (χ4n) is 3.72. The summed E-state index contributed by atoms with van der Waals surface area (Å²) < 4.78 is 5.57. The predicted octanol–water partition coefficient (Wildman–Crippen LogP) is 5.82. The van der Waals surface area contributed by atoms with E-state index in [1.54, 1.807) is 4.90 Å². The minimum Gasteiger partial charge on any atom is -0.444 e. The van der Waals surface area contributed by atoms with Gasteiger partial charge in [-0.25, -0.2) is 9.78 Å². The van der Waals surface area contributed by atoms with Gasteiger partial charge in [0.05, 0.1) is 17.9 Å². The van der Waals surface area contributed by atoms with E-state index in [4.69, 9.17) is 4.74 Å². The zero-order valence-corrected chi connectivity index (χ0v) is 17.2. The fraction of sp³-hybridized carbons (Fsp3) is 0.333. The lowest BCUT2D eigenvalue weighted by atomic mass is 10.0. The van der Waals surface area contributed by atoms with Crippen molar-refractivity contribution >= 4 is 6.09 Å². The molecule has 150 valence electrons. The molecule has 3 aromatic rings. The second kappa shape index (κ2) is 7.74. The van der Waals surface area contributed by atoms with Gasteiger partial charge in [0.15, 0.2) is 0 Å². The van der Waals surface area contributed by atoms with Crippen molar-refractivity contribution in [3.8, 4) is 22.4 Å². The van der Waals surface area contributed by atoms with Gasteiger partial charge in [0.1, 0.15) is 11.4 Å². The number of nitrogens with zero attached hydrogens (tertiary/aromatic N) is 2. The number of aromatic nitrogens is 2. The van der Waals surface area contributed by atoms with Crippen LogP contribution in [0.2, 0.25) is 0 Å². The van der Waals surface area contributed by atoms with Gasteiger partial charge in [-0.1, -0.05) is 54.6 Å². The highest BCUT2D eigenvalue weighted by molar-refractivity contribution is 5.70. The fourth-order valence-corrected chi connectivity index (χ4v) is 3.72. The molecule has 0 aliphatic carbocycles. The molecule has 0 bridgehead atoms. The molecule has 0 radical (unpaired) electrons. The number of nitrogens with one attached hydrogen (secondary N) is 1. The maximum absolute atomic E-state index is 12.6. The van der Waals surface area contributed by atoms with Gasteiger partial charge >= 0.3 is 6.09 Å². The molecule has 1 aromatic heterocycles. The van der Waals surface area contributed by atoms with Crippen molar-refractivity contribution < 1.29 is 9.53 Å². The van der Waals surface area contributed by atoms with Crippen molar-refractivity contribution in [2.75, 3.05) is 6.54 Å². The van der Waals surface area contributed by atoms with Gasteiger partial charge < -0.3 is 9.72 Å². The van der Waals surface area contributed by atoms with Crippen LogP contribution in [0.15, 0.2) is 60.8 Å². The molecule has 1 atom stereocenters. The maximum atomic E-state index is 12.6. The summed E-state index contributed by atoms with van der Waals surface area (Å²) in [5, 5.41) is 0. The van der Waals surface area contributed by atoms with Gasteiger partial charge in [-0.15, -0.1) is 0 Å². The summed E-state index contributed by atoms with van der Waals surface area (Å²) in [6.07, 6.45) is 3.41. The minimum atomic E-state index is -0.501. The van der Waals surface area contributed by atoms with Gasteiger partial charge in [0.25, 0.3) is 0 Å². The molecule has 1 N–H and O–H groups in total. The third-order valence-corrected chi connectivity index (χ3v) is 5.09. The van der Waals surface area contributed by atoms with Crippen LogP contribution in [0, 0.1) is 0 Å². The smallest absolute Gasteiger partial charge is 0.410 e. The van der Waals surface area contributed by atoms with E-state index in [-0.39, 0.29) is 12.1 Å². The molecule has 0 saturated carbocycles. The Kier molecular flexibility index (Phi) is 5.14. The van der Waals surface area contributed by atoms with Crippen molar-refractivity contribution in [1.82, 2.24) is 14.9 Å². The van der Waals surface area contributed by atoms with E-state index in [1.807, 2.05) is 45.2 Å². The van der Waals surface area contributed by atoms with Gasteiger partial charge in [0, 0.05) is 6.54 Å². The Morgan fingerprint density at radius 3 is 2.38 bits per heavy atom. The molecule has 5 nitrogen and oxygen atoms in total. The lowest BCUT2D eigenvalue weighted by Crippen LogP contribution is -2.36. The van der Waals surface area contributed by atoms with Crippen LogP contribution in [0.4, 0.5) is 4.79 Å². The van der Waals surface area contributed by atoms with E-state index >= 15 is 0 Å². The lowest BCUT2D eigenvalue weighted by molar-refractivity contribution is 0.0219. The van der Waals surface area contributed by atoms with Crippen molar-refractivity contribution in [3.05, 3.63) is 66.6 Å². The second-order valence-corrected chi connectivity index (χ2v) is 8.46. The van der Waals surface area contributed by atoms with E-state index in [0.29, 0.717) is 6.54 Å². The van der Waals surface area contributed by atoms with Crippen LogP contribution in [0.25, 0.3) is 22.4 Å². The van der Waals surface area contributed by atoms with Gasteiger partial charge in [-0.05, 0) is 50.3 Å². The van der Waals surface area contributed by atoms with E-state index in [0.717, 1.165) is 29.9 Å². The number of carbonyl (C=O) groups is 1. The molecule has 1 fully saturated rings. The Bertz CT molecular complexity index is 971. The average Bonchev–Trinajstić information content (AvgIpc) is 3.37. The van der Waals surface area contributed by atoms with Gasteiger partial charge in [-0.3, -0.25) is 4.90 Å². The van der Waals surface area contributed by atoms with Crippen LogP contribution in [0.1, 0.15) is 45.5 Å². The zero-order chi connectivity index (χ0) is 20.4. The second-order valence-electron chi connectivity index (χ2n) is 8.46. The molecule has 1 aliphatic rings. The molecule has 0 unspecified atom stereocenters. The summed E-state index contributed by atoms with van der Waals surface area (Å²) in [7, 11) is 0. The summed E-state index contributed by atoms with van der Waals surface area (Å²) in [5.41, 5.74) is 3.91. The third-order valence-electron chi connectivity index (χ3n) is 5.09. The quantitative estimate of drug-likeness (QED) is 0.614. The molecular formula is C24H27N3O2. The number of carbonyl (C=O) groups excluding carboxylic acids is 1. The molecule has 5 heteroatoms. The van der Waals surface area contributed by atoms with E-state index in [1.165, 1.54) is 11.1 Å². The number of hydrogen-bond donors (Lipinski definition) is 1. The highest BCUT2D eigenvalue weighted by Gasteiger charge is 2.34. The monoisotopic (exact) mass is 389 g/mol. The van der Waals surface area contributed by atoms with Crippen LogP contribution in [-0.4, -0.2) is 33.1 Å². The number of amides is 1. The molecule has 29 heavy (non-hydrogen) atoms. The standard InChI is InChI=1S/C24H27N3O2/c1-24(2,3)29-23(28)27-15-7-10-21(27)22-25-16-20(26-22)19-13-11-18(12-14-19)17-8-5-4-6-9-17/h4-6,8-9,11-14,16,21H,7,10,15H2,1-3H3,(H,25,26)/t21-/m0/s1. The molecular weight excluding hydrogens is 362 g/mol. The Hall–Kier alpha value is -3.08. The highest BCUT2D eigenvalue weighted by atomic mass is 16.6. The Morgan fingerprint density at radius 1 is 1.03 bits per heavy atom. The number of ether oxygens (including phenoxy) is 1. The Labute approximate surface area is 171 Å². The van der Waals surface area contributed by atoms with Crippen LogP contribution in [0.5, 0.6) is 0 Å². The Balaban J connectivity index is 1.51. The normalized spacial score (nSPS) is 16.8. The maximum Gasteiger partial charge on any atom is 0.410 e. The number of hydrogen-bond acceptors (Lipinski definition) is 3. The SMILES string of the molecule is CC(C)(C)OC(=O)N1CCC[C@H]1c1ncc(-c2ccc(-c3ccccc3)cc2)[nH]1. The first-order valence-electron chi connectivity index (χ1n) is 10.1. The first-order valence-corrected chi connectivity index (χ1v) is 10.1. The van der Waals surface area contributed by atoms with Crippen LogP contribution in [0.3, 0.4) is 0 Å². The van der Waals surface area contributed by atoms with Crippen molar-refractivity contribution in [1.29, 1.82) is 0 Å². The lowest BCUT2D eigenvalue weighted by Gasteiger charge is -2.27. The first-order chi connectivity index (χ1) is 13.9. The number of H-pyrrole nitrogens is 1. The van der Waals surface area contributed by atoms with Crippen molar-refractivity contribution in [2.24, 2.45) is 0 Å². The topological polar surface area (TPSA) is 58.2 Å². The molecule has 0 spiro atoms. The summed E-state index contributed by atoms with van der Waals surface area (Å²) in [6.45, 7) is 6.36. The van der Waals surface area contributed by atoms with Gasteiger partial charge in [-0.2, -0.15) is 0 Å². The molecule has 1 aliphatic heterocycles. The van der Waals surface area contributed by atoms with Crippen molar-refractivity contribution in [2.45, 2.75) is 45.3 Å². The van der Waals surface area contributed by atoms with E-state index in [2.05, 4.69) is 46.4 Å². The largest absolute Gasteiger partial charge is 0.444 e. The van der Waals surface area contributed by atoms with Crippen LogP contribution < -0.4 is 0 Å². The molecule has 2 aromatic carbocycles. The molecule has 2 heterocycles. The average molecular weight is 389 g/mol. The molecule has 1 saturated heterocycles. The highest BCUT2D eigenvalue weighted by Crippen LogP contribution is 2.33. The van der Waals surface area contributed by atoms with Crippen LogP contribution >= 0.6 is 0 Å².